The molecule has 0 saturated carbocycles. The van der Waals surface area contributed by atoms with Gasteiger partial charge in [0, 0.05) is 0 Å². The molecule has 2 N–H and O–H groups in total. The lowest BCUT2D eigenvalue weighted by molar-refractivity contribution is -0.327. The van der Waals surface area contributed by atoms with Crippen molar-refractivity contribution in [2.75, 3.05) is 0 Å². The van der Waals surface area contributed by atoms with E-state index in [1.807, 2.05) is 6.07 Å². The number of rotatable bonds is 0. The summed E-state index contributed by atoms with van der Waals surface area (Å²) in [5, 5.41) is 18.6. The maximum atomic E-state index is 9.31. The minimum Gasteiger partial charge on any atom is -0.444 e. The zero-order valence-corrected chi connectivity index (χ0v) is 6.27. The molecular formula is C9H8O3. The van der Waals surface area contributed by atoms with Gasteiger partial charge in [-0.15, -0.1) is 0 Å². The Morgan fingerprint density at radius 2 is 1.92 bits per heavy atom. The molecule has 1 aromatic carbocycles. The lowest BCUT2D eigenvalue weighted by Crippen LogP contribution is -2.29. The topological polar surface area (TPSA) is 49.7 Å². The van der Waals surface area contributed by atoms with Crippen LogP contribution in [-0.2, 0) is 10.7 Å². The maximum absolute atomic E-state index is 9.31. The smallest absolute Gasteiger partial charge is 0.351 e. The van der Waals surface area contributed by atoms with Gasteiger partial charge < -0.3 is 14.9 Å². The number of benzene rings is 1. The van der Waals surface area contributed by atoms with E-state index in [1.165, 1.54) is 6.26 Å². The van der Waals surface area contributed by atoms with Crippen LogP contribution in [0.5, 0.6) is 0 Å². The third kappa shape index (κ3) is 0.995. The van der Waals surface area contributed by atoms with E-state index >= 15 is 0 Å². The van der Waals surface area contributed by atoms with Crippen LogP contribution in [0.25, 0.3) is 6.08 Å². The molecule has 1 aromatic rings. The summed E-state index contributed by atoms with van der Waals surface area (Å²) in [5.41, 5.74) is 1.13. The average molecular weight is 164 g/mol. The average Bonchev–Trinajstić information content (AvgIpc) is 2.04. The summed E-state index contributed by atoms with van der Waals surface area (Å²) in [6.45, 7) is 0. The highest BCUT2D eigenvalue weighted by Crippen LogP contribution is 2.28. The Labute approximate surface area is 69.5 Å². The first-order valence-electron chi connectivity index (χ1n) is 3.59. The first-order chi connectivity index (χ1) is 5.70. The summed E-state index contributed by atoms with van der Waals surface area (Å²) in [7, 11) is 0. The summed E-state index contributed by atoms with van der Waals surface area (Å²) in [6.07, 6.45) is 2.95. The highest BCUT2D eigenvalue weighted by atomic mass is 16.8. The van der Waals surface area contributed by atoms with E-state index in [9.17, 15) is 10.2 Å². The van der Waals surface area contributed by atoms with Crippen LogP contribution in [0, 0.1) is 0 Å². The van der Waals surface area contributed by atoms with Crippen LogP contribution in [0.15, 0.2) is 30.5 Å². The van der Waals surface area contributed by atoms with E-state index in [0.29, 0.717) is 5.56 Å². The second kappa shape index (κ2) is 2.33. The standard InChI is InChI=1S/C9H8O3/c10-9(11)8-4-2-1-3-7(8)5-6-12-9/h1-6,10-11H. The molecule has 0 spiro atoms. The maximum Gasteiger partial charge on any atom is 0.351 e. The van der Waals surface area contributed by atoms with E-state index in [-0.39, 0.29) is 0 Å². The summed E-state index contributed by atoms with van der Waals surface area (Å²) in [4.78, 5) is 0. The van der Waals surface area contributed by atoms with Gasteiger partial charge in [0.1, 0.15) is 0 Å². The normalized spacial score (nSPS) is 18.2. The van der Waals surface area contributed by atoms with Crippen molar-refractivity contribution in [1.82, 2.24) is 0 Å². The molecule has 2 rings (SSSR count). The van der Waals surface area contributed by atoms with E-state index in [2.05, 4.69) is 4.74 Å². The van der Waals surface area contributed by atoms with Crippen molar-refractivity contribution in [3.8, 4) is 0 Å². The molecule has 0 radical (unpaired) electrons. The van der Waals surface area contributed by atoms with Gasteiger partial charge in [0.25, 0.3) is 0 Å². The molecule has 0 amide bonds. The van der Waals surface area contributed by atoms with Gasteiger partial charge in [0.05, 0.1) is 11.8 Å². The van der Waals surface area contributed by atoms with Crippen LogP contribution >= 0.6 is 0 Å². The van der Waals surface area contributed by atoms with E-state index in [0.717, 1.165) is 5.56 Å². The Bertz CT molecular complexity index is 328. The molecule has 12 heavy (non-hydrogen) atoms. The zero-order chi connectivity index (χ0) is 8.60. The first kappa shape index (κ1) is 7.34. The van der Waals surface area contributed by atoms with Crippen LogP contribution in [0.1, 0.15) is 11.1 Å². The third-order valence-electron chi connectivity index (χ3n) is 1.79. The molecule has 1 aliphatic rings. The summed E-state index contributed by atoms with van der Waals surface area (Å²) in [5.74, 6) is -2.18. The second-order valence-electron chi connectivity index (χ2n) is 2.62. The molecule has 3 nitrogen and oxygen atoms in total. The quantitative estimate of drug-likeness (QED) is 0.557. The Morgan fingerprint density at radius 1 is 1.17 bits per heavy atom. The van der Waals surface area contributed by atoms with Gasteiger partial charge in [0.2, 0.25) is 0 Å². The van der Waals surface area contributed by atoms with Gasteiger partial charge in [-0.25, -0.2) is 0 Å². The van der Waals surface area contributed by atoms with Crippen LogP contribution in [-0.4, -0.2) is 10.2 Å². The Morgan fingerprint density at radius 3 is 2.67 bits per heavy atom. The molecule has 0 aromatic heterocycles. The number of hydrogen-bond acceptors (Lipinski definition) is 3. The first-order valence-corrected chi connectivity index (χ1v) is 3.59. The number of aliphatic hydroxyl groups is 2. The lowest BCUT2D eigenvalue weighted by atomic mass is 10.0. The summed E-state index contributed by atoms with van der Waals surface area (Å²) in [6, 6.07) is 6.95. The number of ether oxygens (including phenoxy) is 1. The van der Waals surface area contributed by atoms with Crippen LogP contribution in [0.3, 0.4) is 0 Å². The van der Waals surface area contributed by atoms with Gasteiger partial charge in [0.15, 0.2) is 0 Å². The molecule has 1 aliphatic heterocycles. The van der Waals surface area contributed by atoms with Gasteiger partial charge in [-0.3, -0.25) is 0 Å². The Balaban J connectivity index is 2.60. The van der Waals surface area contributed by atoms with Crippen LogP contribution in [0.2, 0.25) is 0 Å². The van der Waals surface area contributed by atoms with Crippen LogP contribution in [0.4, 0.5) is 0 Å². The van der Waals surface area contributed by atoms with Crippen molar-refractivity contribution in [3.63, 3.8) is 0 Å². The van der Waals surface area contributed by atoms with Gasteiger partial charge in [-0.05, 0) is 17.7 Å². The van der Waals surface area contributed by atoms with Gasteiger partial charge in [-0.1, -0.05) is 18.2 Å². The SMILES string of the molecule is OC1(O)OC=Cc2ccccc21. The van der Waals surface area contributed by atoms with Crippen LogP contribution < -0.4 is 0 Å². The number of fused-ring (bicyclic) bond motifs is 1. The van der Waals surface area contributed by atoms with Crippen molar-refractivity contribution < 1.29 is 14.9 Å². The predicted molar refractivity (Wildman–Crippen MR) is 42.7 cm³/mol. The monoisotopic (exact) mass is 164 g/mol. The van der Waals surface area contributed by atoms with E-state index in [1.54, 1.807) is 24.3 Å². The van der Waals surface area contributed by atoms with Crippen molar-refractivity contribution in [3.05, 3.63) is 41.7 Å². The summed E-state index contributed by atoms with van der Waals surface area (Å²) >= 11 is 0. The fourth-order valence-electron chi connectivity index (χ4n) is 1.20. The molecule has 3 heteroatoms. The summed E-state index contributed by atoms with van der Waals surface area (Å²) < 4.78 is 4.62. The molecule has 0 bridgehead atoms. The fraction of sp³-hybridized carbons (Fsp3) is 0.111. The largest absolute Gasteiger partial charge is 0.444 e. The van der Waals surface area contributed by atoms with E-state index < -0.39 is 5.97 Å². The van der Waals surface area contributed by atoms with Gasteiger partial charge in [-0.2, -0.15) is 0 Å². The molecule has 0 fully saturated rings. The van der Waals surface area contributed by atoms with Crippen molar-refractivity contribution >= 4 is 6.08 Å². The Hall–Kier alpha value is -1.32. The molecule has 1 heterocycles. The predicted octanol–water partition coefficient (Wildman–Crippen LogP) is 0.782. The number of hydrogen-bond donors (Lipinski definition) is 2. The third-order valence-corrected chi connectivity index (χ3v) is 1.79. The van der Waals surface area contributed by atoms with Crippen molar-refractivity contribution in [2.24, 2.45) is 0 Å². The van der Waals surface area contributed by atoms with Crippen molar-refractivity contribution in [1.29, 1.82) is 0 Å². The highest BCUT2D eigenvalue weighted by Gasteiger charge is 2.31. The molecule has 0 saturated heterocycles. The molecule has 0 aliphatic carbocycles. The molecular weight excluding hydrogens is 156 g/mol. The second-order valence-corrected chi connectivity index (χ2v) is 2.62. The van der Waals surface area contributed by atoms with Crippen molar-refractivity contribution in [2.45, 2.75) is 5.97 Å². The molecule has 0 unspecified atom stereocenters. The zero-order valence-electron chi connectivity index (χ0n) is 6.27. The highest BCUT2D eigenvalue weighted by molar-refractivity contribution is 5.55. The lowest BCUT2D eigenvalue weighted by Gasteiger charge is -2.25. The van der Waals surface area contributed by atoms with E-state index in [4.69, 9.17) is 0 Å². The molecule has 0 atom stereocenters. The molecule has 62 valence electrons. The minimum atomic E-state index is -2.18. The fourth-order valence-corrected chi connectivity index (χ4v) is 1.20. The van der Waals surface area contributed by atoms with Gasteiger partial charge >= 0.3 is 5.97 Å². The minimum absolute atomic E-state index is 0.368. The Kier molecular flexibility index (Phi) is 1.43.